The van der Waals surface area contributed by atoms with E-state index in [4.69, 9.17) is 9.72 Å². The van der Waals surface area contributed by atoms with Crippen molar-refractivity contribution in [2.75, 3.05) is 19.7 Å². The summed E-state index contributed by atoms with van der Waals surface area (Å²) < 4.78 is 5.75. The van der Waals surface area contributed by atoms with Gasteiger partial charge in [-0.3, -0.25) is 4.98 Å². The Morgan fingerprint density at radius 2 is 2.30 bits per heavy atom. The van der Waals surface area contributed by atoms with Gasteiger partial charge in [-0.25, -0.2) is 9.97 Å². The SMILES string of the molecule is c1cncc(-c2ncc3c(n2)[C@]2(CCNC2)COC3)c1. The molecule has 2 aromatic rings. The van der Waals surface area contributed by atoms with Crippen molar-refractivity contribution in [2.45, 2.75) is 18.4 Å². The van der Waals surface area contributed by atoms with E-state index in [0.29, 0.717) is 6.61 Å². The maximum absolute atomic E-state index is 5.75. The van der Waals surface area contributed by atoms with Gasteiger partial charge in [0.2, 0.25) is 0 Å². The van der Waals surface area contributed by atoms with Crippen molar-refractivity contribution in [3.8, 4) is 11.4 Å². The van der Waals surface area contributed by atoms with Crippen LogP contribution < -0.4 is 5.32 Å². The maximum atomic E-state index is 5.75. The molecule has 0 saturated carbocycles. The third-order valence-electron chi connectivity index (χ3n) is 4.17. The summed E-state index contributed by atoms with van der Waals surface area (Å²) in [5, 5.41) is 3.43. The average molecular weight is 268 g/mol. The Morgan fingerprint density at radius 1 is 1.30 bits per heavy atom. The molecule has 1 saturated heterocycles. The summed E-state index contributed by atoms with van der Waals surface area (Å²) in [5.41, 5.74) is 3.26. The van der Waals surface area contributed by atoms with E-state index in [-0.39, 0.29) is 5.41 Å². The molecule has 1 spiro atoms. The molecule has 0 amide bonds. The van der Waals surface area contributed by atoms with E-state index in [1.165, 1.54) is 0 Å². The standard InChI is InChI=1S/C15H16N4O/c1-2-11(6-16-4-1)14-18-7-12-8-20-10-15(13(12)19-14)3-5-17-9-15/h1-2,4,6-7,17H,3,5,8-10H2/t15-/m0/s1. The molecule has 20 heavy (non-hydrogen) atoms. The predicted octanol–water partition coefficient (Wildman–Crippen LogP) is 1.30. The van der Waals surface area contributed by atoms with Gasteiger partial charge < -0.3 is 10.1 Å². The van der Waals surface area contributed by atoms with Gasteiger partial charge >= 0.3 is 0 Å². The van der Waals surface area contributed by atoms with Crippen molar-refractivity contribution in [2.24, 2.45) is 0 Å². The second kappa shape index (κ2) is 4.61. The van der Waals surface area contributed by atoms with Crippen molar-refractivity contribution in [1.82, 2.24) is 20.3 Å². The summed E-state index contributed by atoms with van der Waals surface area (Å²) in [6.07, 6.45) is 6.55. The smallest absolute Gasteiger partial charge is 0.160 e. The largest absolute Gasteiger partial charge is 0.376 e. The Hall–Kier alpha value is -1.85. The van der Waals surface area contributed by atoms with Gasteiger partial charge in [0.25, 0.3) is 0 Å². The second-order valence-electron chi connectivity index (χ2n) is 5.51. The molecular formula is C15H16N4O. The van der Waals surface area contributed by atoms with Gasteiger partial charge in [-0.15, -0.1) is 0 Å². The molecule has 0 unspecified atom stereocenters. The highest BCUT2D eigenvalue weighted by molar-refractivity contribution is 5.54. The Labute approximate surface area is 117 Å². The highest BCUT2D eigenvalue weighted by atomic mass is 16.5. The molecule has 5 heteroatoms. The lowest BCUT2D eigenvalue weighted by molar-refractivity contribution is 0.0551. The zero-order chi connectivity index (χ0) is 13.4. The first-order chi connectivity index (χ1) is 9.87. The van der Waals surface area contributed by atoms with Crippen LogP contribution in [0.2, 0.25) is 0 Å². The molecule has 1 fully saturated rings. The van der Waals surface area contributed by atoms with Crippen LogP contribution in [0.3, 0.4) is 0 Å². The minimum Gasteiger partial charge on any atom is -0.376 e. The fourth-order valence-electron chi connectivity index (χ4n) is 3.10. The van der Waals surface area contributed by atoms with Gasteiger partial charge in [0.05, 0.1) is 24.3 Å². The average Bonchev–Trinajstić information content (AvgIpc) is 2.98. The second-order valence-corrected chi connectivity index (χ2v) is 5.51. The van der Waals surface area contributed by atoms with E-state index in [1.807, 2.05) is 18.3 Å². The molecule has 0 aliphatic carbocycles. The van der Waals surface area contributed by atoms with E-state index in [9.17, 15) is 0 Å². The van der Waals surface area contributed by atoms with Crippen molar-refractivity contribution in [1.29, 1.82) is 0 Å². The minimum absolute atomic E-state index is 0.0213. The van der Waals surface area contributed by atoms with E-state index in [2.05, 4.69) is 15.3 Å². The molecule has 4 rings (SSSR count). The summed E-state index contributed by atoms with van der Waals surface area (Å²) in [6, 6.07) is 3.90. The van der Waals surface area contributed by atoms with Gasteiger partial charge in [0, 0.05) is 36.3 Å². The topological polar surface area (TPSA) is 59.9 Å². The van der Waals surface area contributed by atoms with Crippen LogP contribution >= 0.6 is 0 Å². The number of nitrogens with one attached hydrogen (secondary N) is 1. The van der Waals surface area contributed by atoms with Crippen molar-refractivity contribution in [3.63, 3.8) is 0 Å². The molecule has 0 bridgehead atoms. The van der Waals surface area contributed by atoms with Crippen molar-refractivity contribution in [3.05, 3.63) is 42.0 Å². The maximum Gasteiger partial charge on any atom is 0.160 e. The fraction of sp³-hybridized carbons (Fsp3) is 0.400. The third kappa shape index (κ3) is 1.82. The van der Waals surface area contributed by atoms with Crippen LogP contribution in [0.1, 0.15) is 17.7 Å². The molecule has 1 N–H and O–H groups in total. The molecule has 0 radical (unpaired) electrons. The summed E-state index contributed by atoms with van der Waals surface area (Å²) in [4.78, 5) is 13.5. The number of rotatable bonds is 1. The number of ether oxygens (including phenoxy) is 1. The third-order valence-corrected chi connectivity index (χ3v) is 4.17. The molecule has 4 heterocycles. The molecule has 1 atom stereocenters. The minimum atomic E-state index is 0.0213. The van der Waals surface area contributed by atoms with Gasteiger partial charge in [-0.2, -0.15) is 0 Å². The Kier molecular flexibility index (Phi) is 2.75. The van der Waals surface area contributed by atoms with E-state index in [1.54, 1.807) is 12.4 Å². The quantitative estimate of drug-likeness (QED) is 0.844. The monoisotopic (exact) mass is 268 g/mol. The lowest BCUT2D eigenvalue weighted by atomic mass is 9.80. The van der Waals surface area contributed by atoms with Crippen LogP contribution in [-0.4, -0.2) is 34.6 Å². The number of nitrogens with zero attached hydrogens (tertiary/aromatic N) is 3. The molecule has 2 aliphatic rings. The number of fused-ring (bicyclic) bond motifs is 2. The van der Waals surface area contributed by atoms with Crippen LogP contribution in [0.15, 0.2) is 30.7 Å². The zero-order valence-corrected chi connectivity index (χ0v) is 11.2. The Balaban J connectivity index is 1.83. The van der Waals surface area contributed by atoms with Gasteiger partial charge in [0.15, 0.2) is 5.82 Å². The highest BCUT2D eigenvalue weighted by Crippen LogP contribution is 2.36. The zero-order valence-electron chi connectivity index (χ0n) is 11.2. The first kappa shape index (κ1) is 11.9. The first-order valence-electron chi connectivity index (χ1n) is 6.93. The van der Waals surface area contributed by atoms with Gasteiger partial charge in [-0.05, 0) is 25.1 Å². The van der Waals surface area contributed by atoms with E-state index >= 15 is 0 Å². The molecule has 2 aliphatic heterocycles. The number of hydrogen-bond acceptors (Lipinski definition) is 5. The van der Waals surface area contributed by atoms with Crippen LogP contribution in [0.5, 0.6) is 0 Å². The van der Waals surface area contributed by atoms with Crippen molar-refractivity contribution < 1.29 is 4.74 Å². The van der Waals surface area contributed by atoms with Crippen molar-refractivity contribution >= 4 is 0 Å². The molecule has 0 aromatic carbocycles. The van der Waals surface area contributed by atoms with Gasteiger partial charge in [0.1, 0.15) is 0 Å². The lowest BCUT2D eigenvalue weighted by Crippen LogP contribution is -2.39. The molecule has 5 nitrogen and oxygen atoms in total. The predicted molar refractivity (Wildman–Crippen MR) is 74.1 cm³/mol. The Bertz CT molecular complexity index is 623. The molecular weight excluding hydrogens is 252 g/mol. The number of hydrogen-bond donors (Lipinski definition) is 1. The first-order valence-corrected chi connectivity index (χ1v) is 6.93. The summed E-state index contributed by atoms with van der Waals surface area (Å²) in [7, 11) is 0. The number of pyridine rings is 1. The van der Waals surface area contributed by atoms with Crippen LogP contribution in [0, 0.1) is 0 Å². The summed E-state index contributed by atoms with van der Waals surface area (Å²) in [5.74, 6) is 0.755. The van der Waals surface area contributed by atoms with Gasteiger partial charge in [-0.1, -0.05) is 0 Å². The van der Waals surface area contributed by atoms with E-state index < -0.39 is 0 Å². The molecule has 102 valence electrons. The van der Waals surface area contributed by atoms with Crippen LogP contribution in [0.4, 0.5) is 0 Å². The molecule has 2 aromatic heterocycles. The van der Waals surface area contributed by atoms with Crippen LogP contribution in [-0.2, 0) is 16.8 Å². The summed E-state index contributed by atoms with van der Waals surface area (Å²) >= 11 is 0. The number of aromatic nitrogens is 3. The summed E-state index contributed by atoms with van der Waals surface area (Å²) in [6.45, 7) is 3.32. The highest BCUT2D eigenvalue weighted by Gasteiger charge is 2.41. The normalized spacial score (nSPS) is 24.8. The van der Waals surface area contributed by atoms with Crippen LogP contribution in [0.25, 0.3) is 11.4 Å². The Morgan fingerprint density at radius 3 is 3.10 bits per heavy atom. The lowest BCUT2D eigenvalue weighted by Gasteiger charge is -2.33. The fourth-order valence-corrected chi connectivity index (χ4v) is 3.10. The van der Waals surface area contributed by atoms with E-state index in [0.717, 1.165) is 48.8 Å².